The number of rotatable bonds is 1. The summed E-state index contributed by atoms with van der Waals surface area (Å²) in [7, 11) is 0. The Morgan fingerprint density at radius 2 is 1.78 bits per heavy atom. The molecule has 0 aliphatic carbocycles. The van der Waals surface area contributed by atoms with E-state index in [9.17, 15) is 4.79 Å². The summed E-state index contributed by atoms with van der Waals surface area (Å²) < 4.78 is 0. The van der Waals surface area contributed by atoms with Gasteiger partial charge in [0, 0.05) is 12.5 Å². The molecule has 0 saturated carbocycles. The zero-order valence-corrected chi connectivity index (χ0v) is 11.7. The second-order valence-electron chi connectivity index (χ2n) is 5.59. The van der Waals surface area contributed by atoms with Crippen LogP contribution in [-0.2, 0) is 10.2 Å². The fourth-order valence-electron chi connectivity index (χ4n) is 1.97. The smallest absolute Gasteiger partial charge is 0.249 e. The Balaban J connectivity index is 2.30. The zero-order valence-electron chi connectivity index (χ0n) is 10.9. The van der Waals surface area contributed by atoms with E-state index in [1.165, 1.54) is 5.56 Å². The van der Waals surface area contributed by atoms with E-state index in [4.69, 9.17) is 12.2 Å². The SMILES string of the molecule is CC(C)(C)c1ccc(C2=CC(=O)NC(=S)C2)cc1. The number of amides is 1. The molecule has 0 radical (unpaired) electrons. The lowest BCUT2D eigenvalue weighted by Crippen LogP contribution is -2.31. The molecule has 2 rings (SSSR count). The first-order valence-corrected chi connectivity index (χ1v) is 6.42. The van der Waals surface area contributed by atoms with Crippen LogP contribution in [0.25, 0.3) is 5.57 Å². The van der Waals surface area contributed by atoms with Gasteiger partial charge < -0.3 is 5.32 Å². The van der Waals surface area contributed by atoms with Gasteiger partial charge in [0.2, 0.25) is 5.91 Å². The Hall–Kier alpha value is -1.48. The predicted molar refractivity (Wildman–Crippen MR) is 78.5 cm³/mol. The number of nitrogens with one attached hydrogen (secondary N) is 1. The van der Waals surface area contributed by atoms with Gasteiger partial charge in [-0.05, 0) is 22.1 Å². The third-order valence-electron chi connectivity index (χ3n) is 3.04. The van der Waals surface area contributed by atoms with Crippen molar-refractivity contribution in [2.75, 3.05) is 0 Å². The summed E-state index contributed by atoms with van der Waals surface area (Å²) in [6.07, 6.45) is 2.26. The first-order valence-electron chi connectivity index (χ1n) is 6.01. The van der Waals surface area contributed by atoms with Crippen LogP contribution in [0.4, 0.5) is 0 Å². The van der Waals surface area contributed by atoms with Crippen LogP contribution in [0.1, 0.15) is 38.3 Å². The molecule has 1 amide bonds. The van der Waals surface area contributed by atoms with Crippen LogP contribution >= 0.6 is 12.2 Å². The highest BCUT2D eigenvalue weighted by Crippen LogP contribution is 2.26. The molecule has 0 spiro atoms. The van der Waals surface area contributed by atoms with Crippen molar-refractivity contribution in [1.29, 1.82) is 0 Å². The van der Waals surface area contributed by atoms with E-state index in [1.54, 1.807) is 6.08 Å². The van der Waals surface area contributed by atoms with Crippen molar-refractivity contribution < 1.29 is 4.79 Å². The Morgan fingerprint density at radius 3 is 2.28 bits per heavy atom. The largest absolute Gasteiger partial charge is 0.317 e. The number of benzene rings is 1. The Morgan fingerprint density at radius 1 is 1.17 bits per heavy atom. The molecule has 1 N–H and O–H groups in total. The number of carbonyl (C=O) groups is 1. The Bertz CT molecular complexity index is 520. The molecule has 0 unspecified atom stereocenters. The fraction of sp³-hybridized carbons (Fsp3) is 0.333. The fourth-order valence-corrected chi connectivity index (χ4v) is 2.23. The summed E-state index contributed by atoms with van der Waals surface area (Å²) in [4.78, 5) is 12.0. The summed E-state index contributed by atoms with van der Waals surface area (Å²) in [5, 5.41) is 2.63. The minimum Gasteiger partial charge on any atom is -0.317 e. The van der Waals surface area contributed by atoms with Gasteiger partial charge in [-0.2, -0.15) is 0 Å². The van der Waals surface area contributed by atoms with Crippen LogP contribution in [0.15, 0.2) is 30.3 Å². The average molecular weight is 259 g/mol. The van der Waals surface area contributed by atoms with E-state index in [0.717, 1.165) is 11.1 Å². The lowest BCUT2D eigenvalue weighted by molar-refractivity contribution is -0.115. The maximum Gasteiger partial charge on any atom is 0.249 e. The van der Waals surface area contributed by atoms with E-state index in [-0.39, 0.29) is 11.3 Å². The van der Waals surface area contributed by atoms with Crippen LogP contribution in [0.2, 0.25) is 0 Å². The average Bonchev–Trinajstić information content (AvgIpc) is 2.27. The van der Waals surface area contributed by atoms with Gasteiger partial charge in [0.05, 0.1) is 4.99 Å². The Labute approximate surface area is 113 Å². The van der Waals surface area contributed by atoms with E-state index in [2.05, 4.69) is 50.4 Å². The summed E-state index contributed by atoms with van der Waals surface area (Å²) in [6, 6.07) is 8.36. The standard InChI is InChI=1S/C15H17NOS/c1-15(2,3)12-6-4-10(5-7-12)11-8-13(17)16-14(18)9-11/h4-8H,9H2,1-3H3,(H,16,17,18). The topological polar surface area (TPSA) is 29.1 Å². The zero-order chi connectivity index (χ0) is 13.3. The van der Waals surface area contributed by atoms with Crippen molar-refractivity contribution in [2.24, 2.45) is 0 Å². The number of hydrogen-bond donors (Lipinski definition) is 1. The van der Waals surface area contributed by atoms with Gasteiger partial charge in [-0.25, -0.2) is 0 Å². The van der Waals surface area contributed by atoms with Gasteiger partial charge in [0.25, 0.3) is 0 Å². The number of carbonyl (C=O) groups excluding carboxylic acids is 1. The molecule has 1 aromatic carbocycles. The second-order valence-corrected chi connectivity index (χ2v) is 6.08. The van der Waals surface area contributed by atoms with Crippen molar-refractivity contribution in [3.8, 4) is 0 Å². The second kappa shape index (κ2) is 4.65. The molecular formula is C15H17NOS. The summed E-state index contributed by atoms with van der Waals surface area (Å²) in [6.45, 7) is 6.55. The summed E-state index contributed by atoms with van der Waals surface area (Å²) in [5.41, 5.74) is 3.49. The molecule has 0 aromatic heterocycles. The van der Waals surface area contributed by atoms with Crippen LogP contribution in [0, 0.1) is 0 Å². The minimum atomic E-state index is -0.124. The van der Waals surface area contributed by atoms with Gasteiger partial charge in [-0.1, -0.05) is 57.3 Å². The third kappa shape index (κ3) is 2.85. The molecule has 1 heterocycles. The number of hydrogen-bond acceptors (Lipinski definition) is 2. The molecule has 1 aliphatic heterocycles. The van der Waals surface area contributed by atoms with Crippen molar-refractivity contribution in [1.82, 2.24) is 5.32 Å². The normalized spacial score (nSPS) is 16.3. The molecule has 3 heteroatoms. The first-order chi connectivity index (χ1) is 8.36. The van der Waals surface area contributed by atoms with E-state index in [0.29, 0.717) is 11.4 Å². The highest BCUT2D eigenvalue weighted by atomic mass is 32.1. The van der Waals surface area contributed by atoms with Crippen molar-refractivity contribution in [3.05, 3.63) is 41.5 Å². The lowest BCUT2D eigenvalue weighted by Gasteiger charge is -2.20. The maximum absolute atomic E-state index is 11.4. The highest BCUT2D eigenvalue weighted by molar-refractivity contribution is 7.80. The molecule has 0 fully saturated rings. The van der Waals surface area contributed by atoms with E-state index in [1.807, 2.05) is 0 Å². The van der Waals surface area contributed by atoms with Crippen LogP contribution < -0.4 is 5.32 Å². The van der Waals surface area contributed by atoms with Crippen LogP contribution in [-0.4, -0.2) is 10.9 Å². The molecule has 94 valence electrons. The van der Waals surface area contributed by atoms with Gasteiger partial charge in [0.1, 0.15) is 0 Å². The molecular weight excluding hydrogens is 242 g/mol. The summed E-state index contributed by atoms with van der Waals surface area (Å²) >= 11 is 5.07. The monoisotopic (exact) mass is 259 g/mol. The third-order valence-corrected chi connectivity index (χ3v) is 3.29. The van der Waals surface area contributed by atoms with Crippen molar-refractivity contribution >= 4 is 28.7 Å². The maximum atomic E-state index is 11.4. The predicted octanol–water partition coefficient (Wildman–Crippen LogP) is 3.21. The highest BCUT2D eigenvalue weighted by Gasteiger charge is 2.16. The number of thiocarbonyl (C=S) groups is 1. The Kier molecular flexibility index (Phi) is 3.35. The van der Waals surface area contributed by atoms with Crippen molar-refractivity contribution in [2.45, 2.75) is 32.6 Å². The molecule has 0 bridgehead atoms. The molecule has 0 atom stereocenters. The molecule has 2 nitrogen and oxygen atoms in total. The first kappa shape index (κ1) is 13.0. The van der Waals surface area contributed by atoms with Gasteiger partial charge >= 0.3 is 0 Å². The molecule has 1 aromatic rings. The van der Waals surface area contributed by atoms with Gasteiger partial charge in [-0.15, -0.1) is 0 Å². The minimum absolute atomic E-state index is 0.124. The van der Waals surface area contributed by atoms with E-state index < -0.39 is 0 Å². The van der Waals surface area contributed by atoms with Crippen molar-refractivity contribution in [3.63, 3.8) is 0 Å². The van der Waals surface area contributed by atoms with Gasteiger partial charge in [0.15, 0.2) is 0 Å². The van der Waals surface area contributed by atoms with Crippen LogP contribution in [0.3, 0.4) is 0 Å². The molecule has 18 heavy (non-hydrogen) atoms. The summed E-state index contributed by atoms with van der Waals surface area (Å²) in [5.74, 6) is -0.124. The molecule has 0 saturated heterocycles. The van der Waals surface area contributed by atoms with Crippen LogP contribution in [0.5, 0.6) is 0 Å². The quantitative estimate of drug-likeness (QED) is 0.785. The molecule has 1 aliphatic rings. The lowest BCUT2D eigenvalue weighted by atomic mass is 9.86. The van der Waals surface area contributed by atoms with Gasteiger partial charge in [-0.3, -0.25) is 4.79 Å². The van der Waals surface area contributed by atoms with E-state index >= 15 is 0 Å².